The number of aromatic amines is 1. The average Bonchev–Trinajstić information content (AvgIpc) is 2.98. The fourth-order valence-corrected chi connectivity index (χ4v) is 2.13. The Morgan fingerprint density at radius 3 is 2.74 bits per heavy atom. The number of hydrogen-bond donors (Lipinski definition) is 3. The standard InChI is InChI=1S/C13H19N3O3/c17-12(9-19-10-5-2-1-3-6-10)15-16-13(18)11-7-4-8-14-11/h4,7-8,10,14H,1-3,5-6,9H2,(H,15,17)(H,16,18). The van der Waals surface area contributed by atoms with Gasteiger partial charge in [0.1, 0.15) is 12.3 Å². The second-order valence-electron chi connectivity index (χ2n) is 4.66. The molecule has 19 heavy (non-hydrogen) atoms. The molecule has 0 saturated heterocycles. The van der Waals surface area contributed by atoms with Crippen LogP contribution in [0.15, 0.2) is 18.3 Å². The number of hydrazine groups is 1. The highest BCUT2D eigenvalue weighted by molar-refractivity contribution is 5.93. The van der Waals surface area contributed by atoms with Crippen molar-refractivity contribution in [1.29, 1.82) is 0 Å². The Bertz CT molecular complexity index is 411. The highest BCUT2D eigenvalue weighted by atomic mass is 16.5. The van der Waals surface area contributed by atoms with Gasteiger partial charge in [-0.3, -0.25) is 20.4 Å². The number of carbonyl (C=O) groups is 2. The van der Waals surface area contributed by atoms with Gasteiger partial charge in [-0.1, -0.05) is 19.3 Å². The minimum Gasteiger partial charge on any atom is -0.368 e. The van der Waals surface area contributed by atoms with Crippen LogP contribution in [0.4, 0.5) is 0 Å². The predicted molar refractivity (Wildman–Crippen MR) is 69.2 cm³/mol. The van der Waals surface area contributed by atoms with E-state index in [2.05, 4.69) is 15.8 Å². The van der Waals surface area contributed by atoms with Gasteiger partial charge in [-0.2, -0.15) is 0 Å². The van der Waals surface area contributed by atoms with Crippen molar-refractivity contribution in [1.82, 2.24) is 15.8 Å². The molecule has 0 radical (unpaired) electrons. The molecule has 1 saturated carbocycles. The Morgan fingerprint density at radius 1 is 1.26 bits per heavy atom. The molecule has 1 aliphatic carbocycles. The Hall–Kier alpha value is -1.82. The van der Waals surface area contributed by atoms with Crippen LogP contribution < -0.4 is 10.9 Å². The van der Waals surface area contributed by atoms with Crippen LogP contribution in [0.5, 0.6) is 0 Å². The van der Waals surface area contributed by atoms with E-state index in [9.17, 15) is 9.59 Å². The van der Waals surface area contributed by atoms with Crippen LogP contribution in [0.2, 0.25) is 0 Å². The fraction of sp³-hybridized carbons (Fsp3) is 0.538. The third-order valence-electron chi connectivity index (χ3n) is 3.16. The van der Waals surface area contributed by atoms with Gasteiger partial charge in [-0.05, 0) is 25.0 Å². The van der Waals surface area contributed by atoms with Crippen molar-refractivity contribution in [2.45, 2.75) is 38.2 Å². The zero-order valence-electron chi connectivity index (χ0n) is 10.8. The average molecular weight is 265 g/mol. The molecule has 0 spiro atoms. The maximum Gasteiger partial charge on any atom is 0.286 e. The van der Waals surface area contributed by atoms with Crippen LogP contribution in [-0.2, 0) is 9.53 Å². The van der Waals surface area contributed by atoms with Crippen molar-refractivity contribution in [3.63, 3.8) is 0 Å². The van der Waals surface area contributed by atoms with Crippen molar-refractivity contribution in [3.05, 3.63) is 24.0 Å². The molecule has 104 valence electrons. The molecule has 2 rings (SSSR count). The van der Waals surface area contributed by atoms with E-state index in [0.29, 0.717) is 5.69 Å². The number of aromatic nitrogens is 1. The highest BCUT2D eigenvalue weighted by Gasteiger charge is 2.15. The van der Waals surface area contributed by atoms with Gasteiger partial charge in [0.2, 0.25) is 0 Å². The summed E-state index contributed by atoms with van der Waals surface area (Å²) >= 11 is 0. The van der Waals surface area contributed by atoms with Gasteiger partial charge in [0.05, 0.1) is 6.10 Å². The molecule has 0 atom stereocenters. The summed E-state index contributed by atoms with van der Waals surface area (Å²) in [5.41, 5.74) is 5.05. The lowest BCUT2D eigenvalue weighted by atomic mass is 9.98. The Kier molecular flexibility index (Phi) is 4.97. The molecule has 1 aliphatic rings. The summed E-state index contributed by atoms with van der Waals surface area (Å²) in [6.45, 7) is -0.0182. The molecule has 1 aromatic heterocycles. The number of ether oxygens (including phenoxy) is 1. The van der Waals surface area contributed by atoms with Crippen molar-refractivity contribution in [2.75, 3.05) is 6.61 Å². The van der Waals surface area contributed by atoms with Gasteiger partial charge >= 0.3 is 0 Å². The molecule has 2 amide bonds. The zero-order chi connectivity index (χ0) is 13.5. The summed E-state index contributed by atoms with van der Waals surface area (Å²) in [6.07, 6.45) is 7.43. The number of hydrogen-bond acceptors (Lipinski definition) is 3. The van der Waals surface area contributed by atoms with E-state index in [0.717, 1.165) is 25.7 Å². The largest absolute Gasteiger partial charge is 0.368 e. The first-order chi connectivity index (χ1) is 9.25. The second-order valence-corrected chi connectivity index (χ2v) is 4.66. The number of H-pyrrole nitrogens is 1. The number of carbonyl (C=O) groups excluding carboxylic acids is 2. The van der Waals surface area contributed by atoms with Crippen molar-refractivity contribution in [3.8, 4) is 0 Å². The molecular weight excluding hydrogens is 246 g/mol. The second kappa shape index (κ2) is 6.94. The van der Waals surface area contributed by atoms with Crippen LogP contribution in [0.25, 0.3) is 0 Å². The molecule has 0 bridgehead atoms. The Balaban J connectivity index is 1.63. The number of nitrogens with one attached hydrogen (secondary N) is 3. The van der Waals surface area contributed by atoms with Gasteiger partial charge in [0.25, 0.3) is 11.8 Å². The fourth-order valence-electron chi connectivity index (χ4n) is 2.13. The third-order valence-corrected chi connectivity index (χ3v) is 3.16. The Labute approximate surface area is 111 Å². The van der Waals surface area contributed by atoms with Gasteiger partial charge in [0, 0.05) is 6.20 Å². The topological polar surface area (TPSA) is 83.2 Å². The molecular formula is C13H19N3O3. The minimum absolute atomic E-state index is 0.0182. The highest BCUT2D eigenvalue weighted by Crippen LogP contribution is 2.19. The smallest absolute Gasteiger partial charge is 0.286 e. The zero-order valence-corrected chi connectivity index (χ0v) is 10.8. The summed E-state index contributed by atoms with van der Waals surface area (Å²) in [5.74, 6) is -0.721. The first-order valence-corrected chi connectivity index (χ1v) is 6.60. The van der Waals surface area contributed by atoms with Crippen molar-refractivity contribution < 1.29 is 14.3 Å². The van der Waals surface area contributed by atoms with E-state index >= 15 is 0 Å². The van der Waals surface area contributed by atoms with E-state index in [-0.39, 0.29) is 24.5 Å². The van der Waals surface area contributed by atoms with Crippen LogP contribution in [0.3, 0.4) is 0 Å². The normalized spacial score (nSPS) is 16.0. The van der Waals surface area contributed by atoms with E-state index in [1.165, 1.54) is 6.42 Å². The molecule has 1 heterocycles. The molecule has 0 aromatic carbocycles. The molecule has 1 fully saturated rings. The lowest BCUT2D eigenvalue weighted by Gasteiger charge is -2.21. The third kappa shape index (κ3) is 4.40. The van der Waals surface area contributed by atoms with E-state index < -0.39 is 0 Å². The summed E-state index contributed by atoms with van der Waals surface area (Å²) in [6, 6.07) is 3.34. The summed E-state index contributed by atoms with van der Waals surface area (Å²) < 4.78 is 5.50. The van der Waals surface area contributed by atoms with Crippen LogP contribution in [0, 0.1) is 0 Å². The quantitative estimate of drug-likeness (QED) is 0.713. The van der Waals surface area contributed by atoms with E-state index in [1.54, 1.807) is 18.3 Å². The van der Waals surface area contributed by atoms with Gasteiger partial charge < -0.3 is 9.72 Å². The maximum atomic E-state index is 11.5. The molecule has 6 nitrogen and oxygen atoms in total. The summed E-state index contributed by atoms with van der Waals surface area (Å²) in [4.78, 5) is 25.8. The monoisotopic (exact) mass is 265 g/mol. The lowest BCUT2D eigenvalue weighted by Crippen LogP contribution is -2.44. The van der Waals surface area contributed by atoms with Crippen LogP contribution in [-0.4, -0.2) is 29.5 Å². The van der Waals surface area contributed by atoms with Crippen LogP contribution in [0.1, 0.15) is 42.6 Å². The SMILES string of the molecule is O=C(COC1CCCCC1)NNC(=O)c1ccc[nH]1. The number of amides is 2. The van der Waals surface area contributed by atoms with Gasteiger partial charge in [-0.15, -0.1) is 0 Å². The predicted octanol–water partition coefficient (Wildman–Crippen LogP) is 1.12. The van der Waals surface area contributed by atoms with Gasteiger partial charge in [0.15, 0.2) is 0 Å². The van der Waals surface area contributed by atoms with Crippen LogP contribution >= 0.6 is 0 Å². The molecule has 3 N–H and O–H groups in total. The van der Waals surface area contributed by atoms with Crippen molar-refractivity contribution in [2.24, 2.45) is 0 Å². The number of rotatable bonds is 4. The van der Waals surface area contributed by atoms with E-state index in [1.807, 2.05) is 0 Å². The lowest BCUT2D eigenvalue weighted by molar-refractivity contribution is -0.129. The van der Waals surface area contributed by atoms with E-state index in [4.69, 9.17) is 4.74 Å². The summed E-state index contributed by atoms with van der Waals surface area (Å²) in [5, 5.41) is 0. The Morgan fingerprint density at radius 2 is 2.05 bits per heavy atom. The molecule has 0 unspecified atom stereocenters. The molecule has 0 aliphatic heterocycles. The molecule has 6 heteroatoms. The minimum atomic E-state index is -0.379. The van der Waals surface area contributed by atoms with Gasteiger partial charge in [-0.25, -0.2) is 0 Å². The summed E-state index contributed by atoms with van der Waals surface area (Å²) in [7, 11) is 0. The van der Waals surface area contributed by atoms with Crippen molar-refractivity contribution >= 4 is 11.8 Å². The molecule has 1 aromatic rings. The first-order valence-electron chi connectivity index (χ1n) is 6.60. The maximum absolute atomic E-state index is 11.5. The first kappa shape index (κ1) is 13.6.